The summed E-state index contributed by atoms with van der Waals surface area (Å²) in [4.78, 5) is 0. The number of benzene rings is 1. The molecular formula is C19H31NO. The Morgan fingerprint density at radius 2 is 1.29 bits per heavy atom. The Morgan fingerprint density at radius 1 is 0.857 bits per heavy atom. The molecule has 21 heavy (non-hydrogen) atoms. The topological polar surface area (TPSA) is 26.1 Å². The van der Waals surface area contributed by atoms with Gasteiger partial charge in [0.2, 0.25) is 0 Å². The van der Waals surface area contributed by atoms with Crippen LogP contribution in [0.25, 0.3) is 0 Å². The minimum Gasteiger partial charge on any atom is -0.624 e. The minimum absolute atomic E-state index is 0.133. The fourth-order valence-corrected chi connectivity index (χ4v) is 2.84. The van der Waals surface area contributed by atoms with Crippen molar-refractivity contribution in [3.05, 3.63) is 39.6 Å². The van der Waals surface area contributed by atoms with Crippen molar-refractivity contribution in [1.29, 1.82) is 0 Å². The van der Waals surface area contributed by atoms with Gasteiger partial charge < -0.3 is 5.21 Å². The lowest BCUT2D eigenvalue weighted by Gasteiger charge is -2.25. The normalized spacial score (nSPS) is 14.3. The van der Waals surface area contributed by atoms with Crippen LogP contribution in [0.5, 0.6) is 0 Å². The van der Waals surface area contributed by atoms with Gasteiger partial charge >= 0.3 is 0 Å². The summed E-state index contributed by atoms with van der Waals surface area (Å²) in [7, 11) is 0. The molecule has 0 amide bonds. The Morgan fingerprint density at radius 3 is 1.57 bits per heavy atom. The molecule has 0 heterocycles. The van der Waals surface area contributed by atoms with Gasteiger partial charge in [0, 0.05) is 19.4 Å². The highest BCUT2D eigenvalue weighted by Crippen LogP contribution is 2.36. The van der Waals surface area contributed by atoms with E-state index in [4.69, 9.17) is 0 Å². The molecule has 0 aromatic heterocycles. The summed E-state index contributed by atoms with van der Waals surface area (Å²) in [5.74, 6) is 1.35. The van der Waals surface area contributed by atoms with Crippen molar-refractivity contribution >= 4 is 6.21 Å². The number of hydrogen-bond donors (Lipinski definition) is 0. The molecule has 2 heteroatoms. The lowest BCUT2D eigenvalue weighted by molar-refractivity contribution is -0.499. The number of rotatable bonds is 5. The first-order valence-corrected chi connectivity index (χ1v) is 8.13. The zero-order valence-electron chi connectivity index (χ0n) is 14.9. The van der Waals surface area contributed by atoms with Crippen molar-refractivity contribution in [1.82, 2.24) is 0 Å². The van der Waals surface area contributed by atoms with Gasteiger partial charge in [0.25, 0.3) is 0 Å². The van der Waals surface area contributed by atoms with Crippen LogP contribution in [-0.2, 0) is 0 Å². The van der Waals surface area contributed by atoms with Crippen LogP contribution in [-0.4, -0.2) is 11.0 Å². The molecule has 1 aromatic carbocycles. The second-order valence-corrected chi connectivity index (χ2v) is 6.87. The summed E-state index contributed by atoms with van der Waals surface area (Å²) >= 11 is 0. The molecule has 0 N–H and O–H groups in total. The van der Waals surface area contributed by atoms with Gasteiger partial charge in [0.1, 0.15) is 6.21 Å². The van der Waals surface area contributed by atoms with Gasteiger partial charge in [-0.1, -0.05) is 53.7 Å². The maximum absolute atomic E-state index is 12.1. The molecule has 0 saturated heterocycles. The van der Waals surface area contributed by atoms with E-state index in [9.17, 15) is 5.21 Å². The number of nitrogens with zero attached hydrogens (tertiary/aromatic N) is 1. The third-order valence-electron chi connectivity index (χ3n) is 4.23. The SMILES string of the molecule is C/C=[N+](\[O-])[C@H](C)c1c(C(C)C)cc(C(C)C)cc1C(C)C. The first kappa shape index (κ1) is 17.7. The Bertz CT molecular complexity index is 483. The Kier molecular flexibility index (Phi) is 6.00. The predicted octanol–water partition coefficient (Wildman–Crippen LogP) is 5.72. The van der Waals surface area contributed by atoms with Crippen molar-refractivity contribution in [3.8, 4) is 0 Å². The highest BCUT2D eigenvalue weighted by molar-refractivity contribution is 5.49. The molecular weight excluding hydrogens is 258 g/mol. The van der Waals surface area contributed by atoms with Gasteiger partial charge in [-0.15, -0.1) is 0 Å². The summed E-state index contributed by atoms with van der Waals surface area (Å²) in [6, 6.07) is 4.47. The molecule has 0 fully saturated rings. The van der Waals surface area contributed by atoms with Crippen LogP contribution in [0, 0.1) is 5.21 Å². The quantitative estimate of drug-likeness (QED) is 0.295. The summed E-state index contributed by atoms with van der Waals surface area (Å²) in [6.45, 7) is 17.1. The van der Waals surface area contributed by atoms with E-state index in [-0.39, 0.29) is 6.04 Å². The van der Waals surface area contributed by atoms with Gasteiger partial charge in [0.15, 0.2) is 6.04 Å². The van der Waals surface area contributed by atoms with Gasteiger partial charge in [-0.05, 0) is 34.4 Å². The smallest absolute Gasteiger partial charge is 0.185 e. The minimum atomic E-state index is -0.133. The largest absolute Gasteiger partial charge is 0.624 e. The lowest BCUT2D eigenvalue weighted by atomic mass is 9.82. The van der Waals surface area contributed by atoms with E-state index in [0.717, 1.165) is 4.74 Å². The van der Waals surface area contributed by atoms with E-state index in [1.54, 1.807) is 13.1 Å². The maximum Gasteiger partial charge on any atom is 0.185 e. The summed E-state index contributed by atoms with van der Waals surface area (Å²) < 4.78 is 1.07. The van der Waals surface area contributed by atoms with Crippen LogP contribution in [0.3, 0.4) is 0 Å². The fourth-order valence-electron chi connectivity index (χ4n) is 2.84. The molecule has 0 unspecified atom stereocenters. The van der Waals surface area contributed by atoms with Crippen LogP contribution < -0.4 is 0 Å². The first-order chi connectivity index (χ1) is 9.70. The highest BCUT2D eigenvalue weighted by Gasteiger charge is 2.24. The van der Waals surface area contributed by atoms with E-state index in [0.29, 0.717) is 17.8 Å². The first-order valence-electron chi connectivity index (χ1n) is 8.13. The van der Waals surface area contributed by atoms with Crippen LogP contribution in [0.2, 0.25) is 0 Å². The van der Waals surface area contributed by atoms with Crippen LogP contribution in [0.15, 0.2) is 12.1 Å². The molecule has 0 radical (unpaired) electrons. The van der Waals surface area contributed by atoms with Crippen molar-refractivity contribution in [2.24, 2.45) is 0 Å². The third kappa shape index (κ3) is 3.87. The Hall–Kier alpha value is -1.31. The maximum atomic E-state index is 12.1. The van der Waals surface area contributed by atoms with E-state index < -0.39 is 0 Å². The van der Waals surface area contributed by atoms with Crippen molar-refractivity contribution in [3.63, 3.8) is 0 Å². The van der Waals surface area contributed by atoms with Crippen LogP contribution in [0.4, 0.5) is 0 Å². The molecule has 1 atom stereocenters. The average molecular weight is 289 g/mol. The van der Waals surface area contributed by atoms with Crippen molar-refractivity contribution < 1.29 is 4.74 Å². The monoisotopic (exact) mass is 289 g/mol. The molecule has 0 spiro atoms. The number of hydrogen-bond acceptors (Lipinski definition) is 1. The van der Waals surface area contributed by atoms with E-state index >= 15 is 0 Å². The van der Waals surface area contributed by atoms with Crippen molar-refractivity contribution in [2.45, 2.75) is 79.2 Å². The zero-order chi connectivity index (χ0) is 16.3. The molecule has 0 aliphatic carbocycles. The second kappa shape index (κ2) is 7.11. The third-order valence-corrected chi connectivity index (χ3v) is 4.23. The summed E-state index contributed by atoms with van der Waals surface area (Å²) in [6.07, 6.45) is 1.62. The molecule has 118 valence electrons. The highest BCUT2D eigenvalue weighted by atomic mass is 16.5. The molecule has 0 bridgehead atoms. The van der Waals surface area contributed by atoms with E-state index in [1.165, 1.54) is 22.3 Å². The lowest BCUT2D eigenvalue weighted by Crippen LogP contribution is -2.16. The molecule has 0 saturated carbocycles. The molecule has 0 aliphatic rings. The average Bonchev–Trinajstić information content (AvgIpc) is 2.43. The predicted molar refractivity (Wildman–Crippen MR) is 92.5 cm³/mol. The summed E-state index contributed by atoms with van der Waals surface area (Å²) in [5.41, 5.74) is 5.23. The Balaban J connectivity index is 3.65. The van der Waals surface area contributed by atoms with Gasteiger partial charge in [0.05, 0.1) is 0 Å². The van der Waals surface area contributed by atoms with Crippen LogP contribution in [0.1, 0.15) is 101 Å². The number of hydroxylamine groups is 1. The molecule has 0 aliphatic heterocycles. The standard InChI is InChI=1S/C19H31NO/c1-9-20(21)15(8)19-17(13(4)5)10-16(12(2)3)11-18(19)14(6)7/h9-15H,1-8H3/b20-9-/t15-/m1/s1. The second-order valence-electron chi connectivity index (χ2n) is 6.87. The molecule has 1 rings (SSSR count). The van der Waals surface area contributed by atoms with Gasteiger partial charge in [-0.3, -0.25) is 0 Å². The van der Waals surface area contributed by atoms with Crippen LogP contribution >= 0.6 is 0 Å². The van der Waals surface area contributed by atoms with E-state index in [2.05, 4.69) is 53.7 Å². The van der Waals surface area contributed by atoms with E-state index in [1.807, 2.05) is 6.92 Å². The summed E-state index contributed by atoms with van der Waals surface area (Å²) in [5, 5.41) is 12.1. The fraction of sp³-hybridized carbons (Fsp3) is 0.632. The van der Waals surface area contributed by atoms with Crippen molar-refractivity contribution in [2.75, 3.05) is 0 Å². The zero-order valence-corrected chi connectivity index (χ0v) is 14.9. The Labute approximate surface area is 130 Å². The van der Waals surface area contributed by atoms with Gasteiger partial charge in [-0.2, -0.15) is 0 Å². The molecule has 1 aromatic rings. The van der Waals surface area contributed by atoms with Gasteiger partial charge in [-0.25, -0.2) is 4.74 Å². The molecule has 2 nitrogen and oxygen atoms in total.